The normalized spacial score (nSPS) is 21.1. The van der Waals surface area contributed by atoms with E-state index in [2.05, 4.69) is 48.7 Å². The molecular formula is C14H22N2. The highest BCUT2D eigenvalue weighted by Crippen LogP contribution is 2.24. The first-order chi connectivity index (χ1) is 7.75. The lowest BCUT2D eigenvalue weighted by atomic mass is 9.91. The van der Waals surface area contributed by atoms with Crippen molar-refractivity contribution < 1.29 is 0 Å². The van der Waals surface area contributed by atoms with Crippen molar-refractivity contribution in [3.8, 4) is 0 Å². The molecule has 2 heteroatoms. The maximum Gasteiger partial charge on any atom is 0.0342 e. The second-order valence-electron chi connectivity index (χ2n) is 4.96. The molecule has 0 unspecified atom stereocenters. The Morgan fingerprint density at radius 1 is 1.25 bits per heavy atom. The van der Waals surface area contributed by atoms with Crippen LogP contribution >= 0.6 is 0 Å². The van der Waals surface area contributed by atoms with E-state index in [-0.39, 0.29) is 0 Å². The SMILES string of the molecule is CC(C)Nc1ccc([C@H]2CCCNC2)cc1. The molecule has 1 aliphatic rings. The van der Waals surface area contributed by atoms with E-state index < -0.39 is 0 Å². The van der Waals surface area contributed by atoms with Crippen molar-refractivity contribution in [3.05, 3.63) is 29.8 Å². The molecule has 0 radical (unpaired) electrons. The summed E-state index contributed by atoms with van der Waals surface area (Å²) >= 11 is 0. The molecule has 1 aromatic carbocycles. The van der Waals surface area contributed by atoms with Crippen LogP contribution in [0.15, 0.2) is 24.3 Å². The summed E-state index contributed by atoms with van der Waals surface area (Å²) in [5, 5.41) is 6.88. The fraction of sp³-hybridized carbons (Fsp3) is 0.571. The predicted octanol–water partition coefficient (Wildman–Crippen LogP) is 2.97. The number of rotatable bonds is 3. The summed E-state index contributed by atoms with van der Waals surface area (Å²) in [4.78, 5) is 0. The third-order valence-electron chi connectivity index (χ3n) is 3.13. The van der Waals surface area contributed by atoms with E-state index in [9.17, 15) is 0 Å². The standard InChI is InChI=1S/C14H22N2/c1-11(2)16-14-7-5-12(6-8-14)13-4-3-9-15-10-13/h5-8,11,13,15-16H,3-4,9-10H2,1-2H3/t13-/m0/s1. The summed E-state index contributed by atoms with van der Waals surface area (Å²) in [5.74, 6) is 0.710. The van der Waals surface area contributed by atoms with Crippen LogP contribution in [0.1, 0.15) is 38.2 Å². The molecule has 1 saturated heterocycles. The molecule has 1 fully saturated rings. The average Bonchev–Trinajstić information content (AvgIpc) is 2.30. The van der Waals surface area contributed by atoms with Crippen LogP contribution in [0, 0.1) is 0 Å². The monoisotopic (exact) mass is 218 g/mol. The van der Waals surface area contributed by atoms with Gasteiger partial charge in [-0.1, -0.05) is 12.1 Å². The van der Waals surface area contributed by atoms with Gasteiger partial charge >= 0.3 is 0 Å². The molecule has 88 valence electrons. The van der Waals surface area contributed by atoms with Gasteiger partial charge in [0.2, 0.25) is 0 Å². The molecule has 1 aromatic rings. The molecule has 0 saturated carbocycles. The van der Waals surface area contributed by atoms with E-state index in [1.165, 1.54) is 30.6 Å². The van der Waals surface area contributed by atoms with Crippen LogP contribution in [0.25, 0.3) is 0 Å². The summed E-state index contributed by atoms with van der Waals surface area (Å²) in [5.41, 5.74) is 2.70. The fourth-order valence-electron chi connectivity index (χ4n) is 2.32. The zero-order valence-corrected chi connectivity index (χ0v) is 10.3. The van der Waals surface area contributed by atoms with E-state index in [4.69, 9.17) is 0 Å². The van der Waals surface area contributed by atoms with Crippen LogP contribution < -0.4 is 10.6 Å². The Kier molecular flexibility index (Phi) is 3.83. The summed E-state index contributed by atoms with van der Waals surface area (Å²) < 4.78 is 0. The van der Waals surface area contributed by atoms with Gasteiger partial charge in [-0.2, -0.15) is 0 Å². The number of anilines is 1. The average molecular weight is 218 g/mol. The van der Waals surface area contributed by atoms with Gasteiger partial charge in [0, 0.05) is 18.3 Å². The summed E-state index contributed by atoms with van der Waals surface area (Å²) in [6, 6.07) is 9.43. The highest BCUT2D eigenvalue weighted by molar-refractivity contribution is 5.45. The summed E-state index contributed by atoms with van der Waals surface area (Å²) in [7, 11) is 0. The van der Waals surface area contributed by atoms with Gasteiger partial charge in [0.1, 0.15) is 0 Å². The van der Waals surface area contributed by atoms with Crippen LogP contribution in [0.3, 0.4) is 0 Å². The Hall–Kier alpha value is -1.02. The smallest absolute Gasteiger partial charge is 0.0342 e. The van der Waals surface area contributed by atoms with Crippen LogP contribution in [-0.2, 0) is 0 Å². The minimum Gasteiger partial charge on any atom is -0.383 e. The third-order valence-corrected chi connectivity index (χ3v) is 3.13. The second kappa shape index (κ2) is 5.35. The molecular weight excluding hydrogens is 196 g/mol. The van der Waals surface area contributed by atoms with Gasteiger partial charge in [-0.15, -0.1) is 0 Å². The minimum atomic E-state index is 0.502. The van der Waals surface area contributed by atoms with Crippen LogP contribution in [-0.4, -0.2) is 19.1 Å². The van der Waals surface area contributed by atoms with Crippen molar-refractivity contribution in [2.75, 3.05) is 18.4 Å². The van der Waals surface area contributed by atoms with E-state index >= 15 is 0 Å². The molecule has 0 spiro atoms. The molecule has 2 rings (SSSR count). The predicted molar refractivity (Wildman–Crippen MR) is 70.0 cm³/mol. The molecule has 1 heterocycles. The largest absolute Gasteiger partial charge is 0.383 e. The first-order valence-electron chi connectivity index (χ1n) is 6.33. The Bertz CT molecular complexity index is 310. The Morgan fingerprint density at radius 2 is 2.00 bits per heavy atom. The van der Waals surface area contributed by atoms with Gasteiger partial charge in [-0.3, -0.25) is 0 Å². The maximum absolute atomic E-state index is 3.46. The lowest BCUT2D eigenvalue weighted by Gasteiger charge is -2.23. The minimum absolute atomic E-state index is 0.502. The first-order valence-corrected chi connectivity index (χ1v) is 6.33. The van der Waals surface area contributed by atoms with E-state index in [1.807, 2.05) is 0 Å². The molecule has 1 aliphatic heterocycles. The zero-order chi connectivity index (χ0) is 11.4. The molecule has 0 aromatic heterocycles. The molecule has 1 atom stereocenters. The van der Waals surface area contributed by atoms with Crippen molar-refractivity contribution in [2.45, 2.75) is 38.6 Å². The molecule has 16 heavy (non-hydrogen) atoms. The number of piperidine rings is 1. The number of hydrogen-bond donors (Lipinski definition) is 2. The molecule has 2 nitrogen and oxygen atoms in total. The topological polar surface area (TPSA) is 24.1 Å². The van der Waals surface area contributed by atoms with Crippen LogP contribution in [0.4, 0.5) is 5.69 Å². The number of hydrogen-bond acceptors (Lipinski definition) is 2. The molecule has 2 N–H and O–H groups in total. The van der Waals surface area contributed by atoms with Crippen molar-refractivity contribution in [1.29, 1.82) is 0 Å². The Morgan fingerprint density at radius 3 is 2.56 bits per heavy atom. The molecule has 0 aliphatic carbocycles. The highest BCUT2D eigenvalue weighted by atomic mass is 14.9. The van der Waals surface area contributed by atoms with Crippen LogP contribution in [0.5, 0.6) is 0 Å². The Labute approximate surface area is 98.4 Å². The summed E-state index contributed by atoms with van der Waals surface area (Å²) in [6.45, 7) is 6.65. The van der Waals surface area contributed by atoms with Gasteiger partial charge in [0.05, 0.1) is 0 Å². The summed E-state index contributed by atoms with van der Waals surface area (Å²) in [6.07, 6.45) is 2.63. The van der Waals surface area contributed by atoms with E-state index in [0.29, 0.717) is 12.0 Å². The van der Waals surface area contributed by atoms with E-state index in [0.717, 1.165) is 6.54 Å². The zero-order valence-electron chi connectivity index (χ0n) is 10.3. The fourth-order valence-corrected chi connectivity index (χ4v) is 2.32. The van der Waals surface area contributed by atoms with Gasteiger partial charge < -0.3 is 10.6 Å². The van der Waals surface area contributed by atoms with Crippen molar-refractivity contribution >= 4 is 5.69 Å². The lowest BCUT2D eigenvalue weighted by molar-refractivity contribution is 0.461. The number of nitrogens with one attached hydrogen (secondary N) is 2. The van der Waals surface area contributed by atoms with Crippen molar-refractivity contribution in [2.24, 2.45) is 0 Å². The molecule has 0 bridgehead atoms. The van der Waals surface area contributed by atoms with Crippen LogP contribution in [0.2, 0.25) is 0 Å². The lowest BCUT2D eigenvalue weighted by Crippen LogP contribution is -2.28. The van der Waals surface area contributed by atoms with Crippen molar-refractivity contribution in [3.63, 3.8) is 0 Å². The van der Waals surface area contributed by atoms with Gasteiger partial charge in [0.25, 0.3) is 0 Å². The molecule has 0 amide bonds. The van der Waals surface area contributed by atoms with Gasteiger partial charge in [-0.25, -0.2) is 0 Å². The van der Waals surface area contributed by atoms with Gasteiger partial charge in [-0.05, 0) is 56.8 Å². The first kappa shape index (κ1) is 11.5. The third kappa shape index (κ3) is 2.99. The highest BCUT2D eigenvalue weighted by Gasteiger charge is 2.14. The Balaban J connectivity index is 2.00. The maximum atomic E-state index is 3.46. The van der Waals surface area contributed by atoms with Gasteiger partial charge in [0.15, 0.2) is 0 Å². The quantitative estimate of drug-likeness (QED) is 0.815. The number of benzene rings is 1. The van der Waals surface area contributed by atoms with Crippen molar-refractivity contribution in [1.82, 2.24) is 5.32 Å². The van der Waals surface area contributed by atoms with E-state index in [1.54, 1.807) is 0 Å². The second-order valence-corrected chi connectivity index (χ2v) is 4.96.